The number of rotatable bonds is 7. The van der Waals surface area contributed by atoms with Crippen LogP contribution in [0.5, 0.6) is 0 Å². The first-order chi connectivity index (χ1) is 10.1. The Balaban J connectivity index is 1.63. The molecule has 0 aromatic carbocycles. The van der Waals surface area contributed by atoms with Crippen molar-refractivity contribution in [2.45, 2.75) is 31.7 Å². The Morgan fingerprint density at radius 2 is 1.86 bits per heavy atom. The first-order valence-corrected chi connectivity index (χ1v) is 7.75. The van der Waals surface area contributed by atoms with E-state index in [1.807, 2.05) is 13.0 Å². The molecule has 0 radical (unpaired) electrons. The molecule has 2 rings (SSSR count). The minimum atomic E-state index is -0.427. The van der Waals surface area contributed by atoms with Crippen LogP contribution in [-0.2, 0) is 0 Å². The molecule has 1 aromatic rings. The van der Waals surface area contributed by atoms with Crippen LogP contribution in [0.15, 0.2) is 18.5 Å². The highest BCUT2D eigenvalue weighted by atomic mass is 16.3. The second kappa shape index (κ2) is 7.68. The van der Waals surface area contributed by atoms with Crippen molar-refractivity contribution in [2.75, 3.05) is 44.2 Å². The van der Waals surface area contributed by atoms with Gasteiger partial charge in [-0.2, -0.15) is 0 Å². The van der Waals surface area contributed by atoms with Crippen molar-refractivity contribution in [3.63, 3.8) is 0 Å². The normalized spacial score (nSPS) is 19.5. The second-order valence-corrected chi connectivity index (χ2v) is 6.15. The van der Waals surface area contributed by atoms with Crippen LogP contribution in [-0.4, -0.2) is 64.8 Å². The lowest BCUT2D eigenvalue weighted by molar-refractivity contribution is 0.192. The fourth-order valence-corrected chi connectivity index (χ4v) is 2.57. The molecule has 1 atom stereocenters. The summed E-state index contributed by atoms with van der Waals surface area (Å²) in [6, 6.07) is 1.84. The van der Waals surface area contributed by atoms with Crippen LogP contribution in [0.2, 0.25) is 0 Å². The van der Waals surface area contributed by atoms with Crippen molar-refractivity contribution in [3.05, 3.63) is 18.5 Å². The van der Waals surface area contributed by atoms with E-state index in [4.69, 9.17) is 10.8 Å². The molecule has 6 nitrogen and oxygen atoms in total. The lowest BCUT2D eigenvalue weighted by atomic mass is 9.97. The van der Waals surface area contributed by atoms with Crippen molar-refractivity contribution in [3.8, 4) is 0 Å². The maximum absolute atomic E-state index is 9.13. The molecule has 118 valence electrons. The molecule has 0 aliphatic carbocycles. The number of piperazine rings is 1. The van der Waals surface area contributed by atoms with Crippen molar-refractivity contribution in [1.82, 2.24) is 14.9 Å². The monoisotopic (exact) mass is 293 g/mol. The van der Waals surface area contributed by atoms with Gasteiger partial charge in [0.25, 0.3) is 0 Å². The fraction of sp³-hybridized carbons (Fsp3) is 0.733. The van der Waals surface area contributed by atoms with E-state index in [1.165, 1.54) is 0 Å². The minimum absolute atomic E-state index is 0.0583. The molecule has 0 bridgehead atoms. The number of hydrogen-bond acceptors (Lipinski definition) is 6. The van der Waals surface area contributed by atoms with E-state index < -0.39 is 5.54 Å². The average Bonchev–Trinajstić information content (AvgIpc) is 2.53. The predicted octanol–water partition coefficient (Wildman–Crippen LogP) is 0.479. The first kappa shape index (κ1) is 16.1. The Morgan fingerprint density at radius 1 is 1.19 bits per heavy atom. The maximum atomic E-state index is 9.13. The van der Waals surface area contributed by atoms with E-state index >= 15 is 0 Å². The molecule has 1 aliphatic heterocycles. The highest BCUT2D eigenvalue weighted by Crippen LogP contribution is 2.13. The van der Waals surface area contributed by atoms with Crippen molar-refractivity contribution < 1.29 is 5.11 Å². The Labute approximate surface area is 127 Å². The highest BCUT2D eigenvalue weighted by molar-refractivity contribution is 5.29. The summed E-state index contributed by atoms with van der Waals surface area (Å²) in [5.74, 6) is 0.832. The van der Waals surface area contributed by atoms with E-state index in [0.29, 0.717) is 0 Å². The number of hydrogen-bond donors (Lipinski definition) is 2. The molecule has 1 aromatic heterocycles. The van der Waals surface area contributed by atoms with E-state index in [2.05, 4.69) is 19.8 Å². The quantitative estimate of drug-likeness (QED) is 0.712. The van der Waals surface area contributed by atoms with Crippen LogP contribution in [0.4, 0.5) is 5.95 Å². The summed E-state index contributed by atoms with van der Waals surface area (Å²) in [6.45, 7) is 7.14. The van der Waals surface area contributed by atoms with Gasteiger partial charge in [-0.3, -0.25) is 4.90 Å². The van der Waals surface area contributed by atoms with Gasteiger partial charge < -0.3 is 15.7 Å². The van der Waals surface area contributed by atoms with Crippen molar-refractivity contribution in [1.29, 1.82) is 0 Å². The predicted molar refractivity (Wildman–Crippen MR) is 84.2 cm³/mol. The van der Waals surface area contributed by atoms with Gasteiger partial charge in [0.15, 0.2) is 0 Å². The molecule has 6 heteroatoms. The SMILES string of the molecule is CC(N)(CO)CCCCN1CCN(c2ncccn2)CC1. The van der Waals surface area contributed by atoms with E-state index in [9.17, 15) is 0 Å². The van der Waals surface area contributed by atoms with Crippen LogP contribution in [0, 0.1) is 0 Å². The molecule has 1 fully saturated rings. The molecule has 1 unspecified atom stereocenters. The molecule has 0 spiro atoms. The average molecular weight is 293 g/mol. The zero-order chi connectivity index (χ0) is 15.1. The number of unbranched alkanes of at least 4 members (excludes halogenated alkanes) is 1. The lowest BCUT2D eigenvalue weighted by Crippen LogP contribution is -2.47. The van der Waals surface area contributed by atoms with Crippen LogP contribution < -0.4 is 10.6 Å². The summed E-state index contributed by atoms with van der Waals surface area (Å²) in [4.78, 5) is 13.3. The van der Waals surface area contributed by atoms with E-state index in [-0.39, 0.29) is 6.61 Å². The summed E-state index contributed by atoms with van der Waals surface area (Å²) >= 11 is 0. The van der Waals surface area contributed by atoms with Crippen LogP contribution in [0.1, 0.15) is 26.2 Å². The van der Waals surface area contributed by atoms with Crippen LogP contribution in [0.3, 0.4) is 0 Å². The molecule has 0 amide bonds. The van der Waals surface area contributed by atoms with Crippen LogP contribution in [0.25, 0.3) is 0 Å². The summed E-state index contributed by atoms with van der Waals surface area (Å²) in [5, 5.41) is 9.13. The Hall–Kier alpha value is -1.24. The molecule has 3 N–H and O–H groups in total. The molecular formula is C15H27N5O. The molecule has 1 aliphatic rings. The number of anilines is 1. The van der Waals surface area contributed by atoms with Crippen LogP contribution >= 0.6 is 0 Å². The summed E-state index contributed by atoms with van der Waals surface area (Å²) < 4.78 is 0. The highest BCUT2D eigenvalue weighted by Gasteiger charge is 2.19. The van der Waals surface area contributed by atoms with Gasteiger partial charge in [-0.15, -0.1) is 0 Å². The topological polar surface area (TPSA) is 78.5 Å². The maximum Gasteiger partial charge on any atom is 0.225 e. The van der Waals surface area contributed by atoms with E-state index in [0.717, 1.165) is 57.9 Å². The number of nitrogens with zero attached hydrogens (tertiary/aromatic N) is 4. The first-order valence-electron chi connectivity index (χ1n) is 7.75. The van der Waals surface area contributed by atoms with Gasteiger partial charge in [0.1, 0.15) is 0 Å². The number of aromatic nitrogens is 2. The molecule has 1 saturated heterocycles. The minimum Gasteiger partial charge on any atom is -0.394 e. The number of aliphatic hydroxyl groups excluding tert-OH is 1. The summed E-state index contributed by atoms with van der Waals surface area (Å²) in [5.41, 5.74) is 5.51. The zero-order valence-corrected chi connectivity index (χ0v) is 12.9. The third-order valence-corrected chi connectivity index (χ3v) is 4.04. The molecule has 2 heterocycles. The lowest BCUT2D eigenvalue weighted by Gasteiger charge is -2.34. The third-order valence-electron chi connectivity index (χ3n) is 4.04. The molecular weight excluding hydrogens is 266 g/mol. The van der Waals surface area contributed by atoms with E-state index in [1.54, 1.807) is 12.4 Å². The number of nitrogens with two attached hydrogens (primary N) is 1. The summed E-state index contributed by atoms with van der Waals surface area (Å²) in [6.07, 6.45) is 6.66. The van der Waals surface area contributed by atoms with Crippen molar-refractivity contribution >= 4 is 5.95 Å². The van der Waals surface area contributed by atoms with Gasteiger partial charge in [-0.05, 0) is 32.4 Å². The second-order valence-electron chi connectivity index (χ2n) is 6.15. The fourth-order valence-electron chi connectivity index (χ4n) is 2.57. The van der Waals surface area contributed by atoms with Crippen molar-refractivity contribution in [2.24, 2.45) is 5.73 Å². The molecule has 21 heavy (non-hydrogen) atoms. The Bertz CT molecular complexity index is 404. The largest absolute Gasteiger partial charge is 0.394 e. The Morgan fingerprint density at radius 3 is 2.48 bits per heavy atom. The standard InChI is InChI=1S/C15H27N5O/c1-15(16,13-21)5-2-3-8-19-9-11-20(12-10-19)14-17-6-4-7-18-14/h4,6-7,21H,2-3,5,8-13,16H2,1H3. The van der Waals surface area contributed by atoms with Gasteiger partial charge in [0.05, 0.1) is 6.61 Å². The Kier molecular flexibility index (Phi) is 5.90. The van der Waals surface area contributed by atoms with Gasteiger partial charge in [-0.25, -0.2) is 9.97 Å². The van der Waals surface area contributed by atoms with Gasteiger partial charge >= 0.3 is 0 Å². The zero-order valence-electron chi connectivity index (χ0n) is 12.9. The van der Waals surface area contributed by atoms with Gasteiger partial charge in [-0.1, -0.05) is 6.42 Å². The third kappa shape index (κ3) is 5.22. The number of aliphatic hydroxyl groups is 1. The molecule has 0 saturated carbocycles. The smallest absolute Gasteiger partial charge is 0.225 e. The van der Waals surface area contributed by atoms with Gasteiger partial charge in [0, 0.05) is 44.1 Å². The van der Waals surface area contributed by atoms with Gasteiger partial charge in [0.2, 0.25) is 5.95 Å². The summed E-state index contributed by atoms with van der Waals surface area (Å²) in [7, 11) is 0.